The molecular weight excluding hydrogens is 422 g/mol. The van der Waals surface area contributed by atoms with Crippen molar-refractivity contribution >= 4 is 18.0 Å². The zero-order valence-corrected chi connectivity index (χ0v) is 17.4. The van der Waals surface area contributed by atoms with Crippen LogP contribution in [0.25, 0.3) is 11.1 Å². The van der Waals surface area contributed by atoms with Gasteiger partial charge < -0.3 is 20.5 Å². The van der Waals surface area contributed by atoms with Crippen LogP contribution in [0, 0.1) is 0 Å². The van der Waals surface area contributed by atoms with E-state index in [0.717, 1.165) is 22.3 Å². The lowest BCUT2D eigenvalue weighted by Gasteiger charge is -2.21. The Labute approximate surface area is 183 Å². The maximum atomic E-state index is 12.9. The van der Waals surface area contributed by atoms with Crippen molar-refractivity contribution in [3.8, 4) is 11.1 Å². The summed E-state index contributed by atoms with van der Waals surface area (Å²) in [7, 11) is 0. The summed E-state index contributed by atoms with van der Waals surface area (Å²) in [5, 5.41) is 13.3. The number of halogens is 2. The highest BCUT2D eigenvalue weighted by Crippen LogP contribution is 2.44. The molecule has 2 atom stereocenters. The van der Waals surface area contributed by atoms with Gasteiger partial charge in [-0.15, -0.1) is 0 Å². The number of carboxylic acids is 1. The van der Waals surface area contributed by atoms with Crippen LogP contribution in [-0.4, -0.2) is 48.2 Å². The Morgan fingerprint density at radius 1 is 1.00 bits per heavy atom. The van der Waals surface area contributed by atoms with Crippen LogP contribution in [0.15, 0.2) is 48.5 Å². The molecule has 0 fully saturated rings. The number of aliphatic carboxylic acids is 1. The number of ether oxygens (including phenoxy) is 1. The van der Waals surface area contributed by atoms with Crippen LogP contribution in [0.1, 0.15) is 36.8 Å². The third-order valence-electron chi connectivity index (χ3n) is 5.24. The van der Waals surface area contributed by atoms with Crippen LogP contribution in [-0.2, 0) is 14.3 Å². The van der Waals surface area contributed by atoms with Gasteiger partial charge >= 0.3 is 12.1 Å². The highest BCUT2D eigenvalue weighted by atomic mass is 19.3. The molecule has 7 nitrogen and oxygen atoms in total. The van der Waals surface area contributed by atoms with E-state index in [-0.39, 0.29) is 18.9 Å². The van der Waals surface area contributed by atoms with E-state index < -0.39 is 42.9 Å². The third kappa shape index (κ3) is 5.60. The fourth-order valence-electron chi connectivity index (χ4n) is 3.85. The van der Waals surface area contributed by atoms with Crippen LogP contribution in [0.5, 0.6) is 0 Å². The molecule has 0 aromatic heterocycles. The Hall–Kier alpha value is -3.49. The molecule has 1 aliphatic carbocycles. The van der Waals surface area contributed by atoms with Gasteiger partial charge in [0.25, 0.3) is 0 Å². The van der Waals surface area contributed by atoms with Crippen LogP contribution < -0.4 is 10.6 Å². The lowest BCUT2D eigenvalue weighted by atomic mass is 9.98. The second kappa shape index (κ2) is 10.2. The first-order valence-corrected chi connectivity index (χ1v) is 10.2. The van der Waals surface area contributed by atoms with Gasteiger partial charge in [0.05, 0.1) is 6.42 Å². The van der Waals surface area contributed by atoms with Gasteiger partial charge in [0.2, 0.25) is 12.3 Å². The Morgan fingerprint density at radius 2 is 1.56 bits per heavy atom. The molecule has 0 heterocycles. The van der Waals surface area contributed by atoms with E-state index in [1.54, 1.807) is 0 Å². The van der Waals surface area contributed by atoms with E-state index in [1.165, 1.54) is 6.92 Å². The molecule has 9 heteroatoms. The lowest BCUT2D eigenvalue weighted by molar-refractivity contribution is -0.137. The molecule has 3 N–H and O–H groups in total. The van der Waals surface area contributed by atoms with Crippen LogP contribution >= 0.6 is 0 Å². The van der Waals surface area contributed by atoms with Gasteiger partial charge in [-0.2, -0.15) is 0 Å². The highest BCUT2D eigenvalue weighted by Gasteiger charge is 2.30. The number of rotatable bonds is 9. The summed E-state index contributed by atoms with van der Waals surface area (Å²) in [6.45, 7) is 1.40. The number of carbonyl (C=O) groups is 3. The molecule has 0 spiro atoms. The van der Waals surface area contributed by atoms with E-state index in [1.807, 2.05) is 48.5 Å². The smallest absolute Gasteiger partial charge is 0.407 e. The monoisotopic (exact) mass is 446 g/mol. The average molecular weight is 446 g/mol. The van der Waals surface area contributed by atoms with Gasteiger partial charge in [0, 0.05) is 18.4 Å². The van der Waals surface area contributed by atoms with Gasteiger partial charge in [-0.25, -0.2) is 13.6 Å². The first-order chi connectivity index (χ1) is 15.3. The first kappa shape index (κ1) is 23.2. The Bertz CT molecular complexity index is 952. The number of alkyl carbamates (subject to hydrolysis) is 1. The van der Waals surface area contributed by atoms with Gasteiger partial charge in [0.15, 0.2) is 0 Å². The van der Waals surface area contributed by atoms with Crippen molar-refractivity contribution < 1.29 is 33.0 Å². The molecular formula is C23H24F2N2O5. The molecule has 32 heavy (non-hydrogen) atoms. The van der Waals surface area contributed by atoms with Gasteiger partial charge in [-0.3, -0.25) is 9.59 Å². The zero-order valence-electron chi connectivity index (χ0n) is 17.4. The number of carboxylic acid groups (broad SMARTS) is 1. The minimum Gasteiger partial charge on any atom is -0.481 e. The predicted molar refractivity (Wildman–Crippen MR) is 112 cm³/mol. The minimum atomic E-state index is -2.85. The quantitative estimate of drug-likeness (QED) is 0.547. The van der Waals surface area contributed by atoms with Crippen molar-refractivity contribution in [1.82, 2.24) is 10.6 Å². The second-order valence-corrected chi connectivity index (χ2v) is 7.66. The third-order valence-corrected chi connectivity index (χ3v) is 5.24. The minimum absolute atomic E-state index is 0.0295. The topological polar surface area (TPSA) is 105 Å². The number of benzene rings is 2. The summed E-state index contributed by atoms with van der Waals surface area (Å²) in [6.07, 6.45) is -5.15. The lowest BCUT2D eigenvalue weighted by Crippen LogP contribution is -2.50. The van der Waals surface area contributed by atoms with E-state index in [0.29, 0.717) is 0 Å². The van der Waals surface area contributed by atoms with Crippen molar-refractivity contribution in [2.75, 3.05) is 6.61 Å². The van der Waals surface area contributed by atoms with Gasteiger partial charge in [-0.1, -0.05) is 48.5 Å². The van der Waals surface area contributed by atoms with E-state index in [9.17, 15) is 23.2 Å². The maximum absolute atomic E-state index is 12.9. The number of amides is 2. The fourth-order valence-corrected chi connectivity index (χ4v) is 3.85. The van der Waals surface area contributed by atoms with Crippen LogP contribution in [0.4, 0.5) is 13.6 Å². The molecule has 2 amide bonds. The van der Waals surface area contributed by atoms with Crippen molar-refractivity contribution in [3.63, 3.8) is 0 Å². The molecule has 2 aromatic rings. The molecule has 0 bridgehead atoms. The van der Waals surface area contributed by atoms with E-state index in [4.69, 9.17) is 9.84 Å². The molecule has 0 radical (unpaired) electrons. The van der Waals surface area contributed by atoms with Crippen molar-refractivity contribution in [1.29, 1.82) is 0 Å². The number of hydrogen-bond acceptors (Lipinski definition) is 4. The largest absolute Gasteiger partial charge is 0.481 e. The van der Waals surface area contributed by atoms with E-state index in [2.05, 4.69) is 10.6 Å². The summed E-state index contributed by atoms with van der Waals surface area (Å²) in [5.74, 6) is -2.26. The Balaban J connectivity index is 1.64. The zero-order chi connectivity index (χ0) is 23.3. The Kier molecular flexibility index (Phi) is 7.40. The summed E-state index contributed by atoms with van der Waals surface area (Å²) in [4.78, 5) is 35.4. The van der Waals surface area contributed by atoms with E-state index >= 15 is 0 Å². The number of fused-ring (bicyclic) bond motifs is 3. The number of hydrogen-bond donors (Lipinski definition) is 3. The maximum Gasteiger partial charge on any atom is 0.407 e. The molecule has 170 valence electrons. The molecule has 0 saturated carbocycles. The van der Waals surface area contributed by atoms with Gasteiger partial charge in [0.1, 0.15) is 12.6 Å². The summed E-state index contributed by atoms with van der Waals surface area (Å²) < 4.78 is 31.2. The molecule has 0 aliphatic heterocycles. The van der Waals surface area contributed by atoms with Crippen molar-refractivity contribution in [2.45, 2.75) is 44.2 Å². The SMILES string of the molecule is C[C@@H](CC(=O)O)NC(=O)C(CC(F)F)NC(=O)OCC1c2ccccc2-c2ccccc21. The number of nitrogens with one attached hydrogen (secondary N) is 2. The number of alkyl halides is 2. The molecule has 2 aromatic carbocycles. The average Bonchev–Trinajstić information content (AvgIpc) is 3.04. The van der Waals surface area contributed by atoms with Crippen molar-refractivity contribution in [3.05, 3.63) is 59.7 Å². The van der Waals surface area contributed by atoms with Crippen molar-refractivity contribution in [2.24, 2.45) is 0 Å². The first-order valence-electron chi connectivity index (χ1n) is 10.2. The van der Waals surface area contributed by atoms with Crippen LogP contribution in [0.2, 0.25) is 0 Å². The summed E-state index contributed by atoms with van der Waals surface area (Å²) >= 11 is 0. The standard InChI is InChI=1S/C23H24F2N2O5/c1-13(10-21(28)29)26-22(30)19(11-20(24)25)27-23(31)32-12-18-16-8-4-2-6-14(16)15-7-3-5-9-17(15)18/h2-9,13,18-20H,10-12H2,1H3,(H,26,30)(H,27,31)(H,28,29)/t13-,19?/m0/s1. The predicted octanol–water partition coefficient (Wildman–Crippen LogP) is 3.53. The summed E-state index contributed by atoms with van der Waals surface area (Å²) in [5.41, 5.74) is 4.07. The normalized spacial score (nSPS) is 14.2. The molecule has 1 unspecified atom stereocenters. The van der Waals surface area contributed by atoms with Gasteiger partial charge in [-0.05, 0) is 29.2 Å². The number of carbonyl (C=O) groups excluding carboxylic acids is 2. The van der Waals surface area contributed by atoms with Crippen LogP contribution in [0.3, 0.4) is 0 Å². The molecule has 3 rings (SSSR count). The summed E-state index contributed by atoms with van der Waals surface area (Å²) in [6, 6.07) is 13.1. The molecule has 0 saturated heterocycles. The highest BCUT2D eigenvalue weighted by molar-refractivity contribution is 5.86. The molecule has 1 aliphatic rings. The second-order valence-electron chi connectivity index (χ2n) is 7.66. The Morgan fingerprint density at radius 3 is 2.09 bits per heavy atom. The fraction of sp³-hybridized carbons (Fsp3) is 0.348.